The molecule has 0 N–H and O–H groups in total. The average Bonchev–Trinajstić information content (AvgIpc) is 2.04. The van der Waals surface area contributed by atoms with Gasteiger partial charge < -0.3 is 0 Å². The second kappa shape index (κ2) is 3.87. The predicted octanol–water partition coefficient (Wildman–Crippen LogP) is 3.74. The normalized spacial score (nSPS) is 9.50. The van der Waals surface area contributed by atoms with Gasteiger partial charge in [-0.2, -0.15) is 0 Å². The van der Waals surface area contributed by atoms with Crippen molar-refractivity contribution in [2.24, 2.45) is 0 Å². The highest BCUT2D eigenvalue weighted by Crippen LogP contribution is 2.25. The molecule has 1 rings (SSSR count). The summed E-state index contributed by atoms with van der Waals surface area (Å²) in [5.41, 5.74) is 1.84. The molecule has 0 aliphatic heterocycles. The zero-order valence-electron chi connectivity index (χ0n) is 6.35. The second-order valence-corrected chi connectivity index (χ2v) is 3.55. The molecule has 1 aromatic rings. The standard InChI is InChI=1S/C9H7BrClN/c1-3-7-5-12-9(11)4-8(7)6(2)10/h3-5H,1-2H2. The van der Waals surface area contributed by atoms with Crippen LogP contribution in [0.25, 0.3) is 10.6 Å². The Morgan fingerprint density at radius 1 is 1.67 bits per heavy atom. The summed E-state index contributed by atoms with van der Waals surface area (Å²) in [5.74, 6) is 0. The third kappa shape index (κ3) is 1.96. The van der Waals surface area contributed by atoms with Crippen molar-refractivity contribution in [3.8, 4) is 0 Å². The zero-order valence-corrected chi connectivity index (χ0v) is 8.69. The maximum absolute atomic E-state index is 5.71. The van der Waals surface area contributed by atoms with E-state index >= 15 is 0 Å². The van der Waals surface area contributed by atoms with Gasteiger partial charge in [0.15, 0.2) is 0 Å². The van der Waals surface area contributed by atoms with Crippen molar-refractivity contribution in [3.63, 3.8) is 0 Å². The molecular formula is C9H7BrClN. The number of hydrogen-bond donors (Lipinski definition) is 0. The van der Waals surface area contributed by atoms with Crippen LogP contribution in [0.3, 0.4) is 0 Å². The lowest BCUT2D eigenvalue weighted by molar-refractivity contribution is 1.31. The maximum atomic E-state index is 5.71. The van der Waals surface area contributed by atoms with E-state index in [1.807, 2.05) is 0 Å². The fraction of sp³-hybridized carbons (Fsp3) is 0. The van der Waals surface area contributed by atoms with Crippen LogP contribution >= 0.6 is 27.5 Å². The van der Waals surface area contributed by atoms with E-state index in [0.29, 0.717) is 5.15 Å². The largest absolute Gasteiger partial charge is 0.244 e. The molecule has 0 unspecified atom stereocenters. The van der Waals surface area contributed by atoms with E-state index in [0.717, 1.165) is 15.6 Å². The first kappa shape index (κ1) is 9.49. The quantitative estimate of drug-likeness (QED) is 0.722. The molecule has 0 saturated carbocycles. The predicted molar refractivity (Wildman–Crippen MR) is 57.3 cm³/mol. The summed E-state index contributed by atoms with van der Waals surface area (Å²) in [6, 6.07) is 1.75. The molecule has 0 atom stereocenters. The SMILES string of the molecule is C=Cc1cnc(Cl)cc1C(=C)Br. The lowest BCUT2D eigenvalue weighted by atomic mass is 10.1. The molecule has 0 radical (unpaired) electrons. The van der Waals surface area contributed by atoms with Crippen LogP contribution < -0.4 is 0 Å². The van der Waals surface area contributed by atoms with E-state index in [2.05, 4.69) is 34.1 Å². The molecule has 0 amide bonds. The molecule has 0 aliphatic carbocycles. The number of rotatable bonds is 2. The van der Waals surface area contributed by atoms with Crippen LogP contribution in [0.1, 0.15) is 11.1 Å². The highest BCUT2D eigenvalue weighted by molar-refractivity contribution is 9.15. The summed E-state index contributed by atoms with van der Waals surface area (Å²) in [6.45, 7) is 7.42. The van der Waals surface area contributed by atoms with Crippen molar-refractivity contribution >= 4 is 38.1 Å². The van der Waals surface area contributed by atoms with Crippen LogP contribution in [-0.4, -0.2) is 4.98 Å². The van der Waals surface area contributed by atoms with Gasteiger partial charge in [-0.3, -0.25) is 0 Å². The minimum Gasteiger partial charge on any atom is -0.244 e. The van der Waals surface area contributed by atoms with Crippen LogP contribution in [-0.2, 0) is 0 Å². The van der Waals surface area contributed by atoms with Crippen LogP contribution in [0.5, 0.6) is 0 Å². The summed E-state index contributed by atoms with van der Waals surface area (Å²) in [6.07, 6.45) is 3.38. The first-order chi connectivity index (χ1) is 5.65. The van der Waals surface area contributed by atoms with Crippen molar-refractivity contribution in [2.45, 2.75) is 0 Å². The van der Waals surface area contributed by atoms with Gasteiger partial charge in [0.05, 0.1) is 0 Å². The van der Waals surface area contributed by atoms with Gasteiger partial charge in [0.1, 0.15) is 5.15 Å². The van der Waals surface area contributed by atoms with Crippen LogP contribution in [0.15, 0.2) is 25.4 Å². The second-order valence-electron chi connectivity index (χ2n) is 2.20. The fourth-order valence-corrected chi connectivity index (χ4v) is 1.34. The van der Waals surface area contributed by atoms with E-state index in [1.54, 1.807) is 18.3 Å². The molecule has 0 saturated heterocycles. The maximum Gasteiger partial charge on any atom is 0.129 e. The molecule has 0 fully saturated rings. The van der Waals surface area contributed by atoms with Gasteiger partial charge in [0.2, 0.25) is 0 Å². The molecule has 0 aliphatic rings. The van der Waals surface area contributed by atoms with Crippen molar-refractivity contribution in [1.82, 2.24) is 4.98 Å². The molecule has 1 heterocycles. The lowest BCUT2D eigenvalue weighted by Gasteiger charge is -2.02. The molecular weight excluding hydrogens is 237 g/mol. The highest BCUT2D eigenvalue weighted by Gasteiger charge is 2.02. The molecule has 1 aromatic heterocycles. The van der Waals surface area contributed by atoms with Gasteiger partial charge in [-0.15, -0.1) is 0 Å². The van der Waals surface area contributed by atoms with Crippen molar-refractivity contribution in [3.05, 3.63) is 41.7 Å². The number of aromatic nitrogens is 1. The van der Waals surface area contributed by atoms with Gasteiger partial charge in [-0.05, 0) is 11.6 Å². The van der Waals surface area contributed by atoms with Gasteiger partial charge in [0.25, 0.3) is 0 Å². The van der Waals surface area contributed by atoms with E-state index in [-0.39, 0.29) is 0 Å². The van der Waals surface area contributed by atoms with Crippen LogP contribution in [0.2, 0.25) is 5.15 Å². The number of halogens is 2. The summed E-state index contributed by atoms with van der Waals surface area (Å²) in [5, 5.41) is 0.455. The zero-order chi connectivity index (χ0) is 9.14. The molecule has 12 heavy (non-hydrogen) atoms. The highest BCUT2D eigenvalue weighted by atomic mass is 79.9. The van der Waals surface area contributed by atoms with Gasteiger partial charge >= 0.3 is 0 Å². The van der Waals surface area contributed by atoms with Crippen LogP contribution in [0, 0.1) is 0 Å². The van der Waals surface area contributed by atoms with E-state index in [1.165, 1.54) is 0 Å². The van der Waals surface area contributed by atoms with E-state index in [4.69, 9.17) is 11.6 Å². The van der Waals surface area contributed by atoms with Crippen LogP contribution in [0.4, 0.5) is 0 Å². The third-order valence-electron chi connectivity index (χ3n) is 1.41. The Kier molecular flexibility index (Phi) is 3.06. The van der Waals surface area contributed by atoms with Crippen molar-refractivity contribution < 1.29 is 0 Å². The first-order valence-corrected chi connectivity index (χ1v) is 4.45. The lowest BCUT2D eigenvalue weighted by Crippen LogP contribution is -1.85. The molecule has 1 nitrogen and oxygen atoms in total. The first-order valence-electron chi connectivity index (χ1n) is 3.28. The van der Waals surface area contributed by atoms with Crippen molar-refractivity contribution in [1.29, 1.82) is 0 Å². The molecule has 3 heteroatoms. The van der Waals surface area contributed by atoms with Gasteiger partial charge in [-0.25, -0.2) is 4.98 Å². The minimum absolute atomic E-state index is 0.455. The molecule has 62 valence electrons. The fourth-order valence-electron chi connectivity index (χ4n) is 0.838. The number of hydrogen-bond acceptors (Lipinski definition) is 1. The Morgan fingerprint density at radius 3 is 2.83 bits per heavy atom. The molecule has 0 aromatic carbocycles. The van der Waals surface area contributed by atoms with E-state index < -0.39 is 0 Å². The Bertz CT molecular complexity index is 333. The Labute approximate surface area is 84.9 Å². The average molecular weight is 245 g/mol. The number of nitrogens with zero attached hydrogens (tertiary/aromatic N) is 1. The number of pyridine rings is 1. The Morgan fingerprint density at radius 2 is 2.33 bits per heavy atom. The summed E-state index contributed by atoms with van der Waals surface area (Å²) >= 11 is 8.99. The van der Waals surface area contributed by atoms with Gasteiger partial charge in [0, 0.05) is 16.2 Å². The summed E-state index contributed by atoms with van der Waals surface area (Å²) < 4.78 is 0.779. The third-order valence-corrected chi connectivity index (χ3v) is 2.05. The van der Waals surface area contributed by atoms with E-state index in [9.17, 15) is 0 Å². The molecule has 0 bridgehead atoms. The monoisotopic (exact) mass is 243 g/mol. The summed E-state index contributed by atoms with van der Waals surface area (Å²) in [4.78, 5) is 3.93. The Hall–Kier alpha value is -0.600. The minimum atomic E-state index is 0.455. The van der Waals surface area contributed by atoms with Crippen molar-refractivity contribution in [2.75, 3.05) is 0 Å². The Balaban J connectivity index is 3.30. The smallest absolute Gasteiger partial charge is 0.129 e. The molecule has 0 spiro atoms. The topological polar surface area (TPSA) is 12.9 Å². The van der Waals surface area contributed by atoms with Gasteiger partial charge in [-0.1, -0.05) is 46.8 Å². The summed E-state index contributed by atoms with van der Waals surface area (Å²) in [7, 11) is 0.